The average molecular weight is 342 g/mol. The number of carbonyl (C=O) groups excluding carboxylic acids is 1. The number of aromatic nitrogens is 1. The zero-order valence-corrected chi connectivity index (χ0v) is 14.4. The Morgan fingerprint density at radius 2 is 1.81 bits per heavy atom. The molecule has 0 saturated carbocycles. The average Bonchev–Trinajstić information content (AvgIpc) is 2.68. The number of carbonyl (C=O) groups is 1. The molecule has 1 heterocycles. The quantitative estimate of drug-likeness (QED) is 0.565. The highest BCUT2D eigenvalue weighted by atomic mass is 16.5. The van der Waals surface area contributed by atoms with Crippen LogP contribution in [0.1, 0.15) is 17.3 Å². The molecule has 4 heteroatoms. The number of fused-ring (bicyclic) bond motifs is 2. The fourth-order valence-corrected chi connectivity index (χ4v) is 3.16. The second kappa shape index (κ2) is 6.84. The van der Waals surface area contributed by atoms with Crippen molar-refractivity contribution in [1.29, 1.82) is 0 Å². The van der Waals surface area contributed by atoms with Crippen molar-refractivity contribution in [3.63, 3.8) is 0 Å². The number of hydrogen-bond donors (Lipinski definition) is 1. The number of hydrogen-bond acceptors (Lipinski definition) is 3. The van der Waals surface area contributed by atoms with Gasteiger partial charge in [0.25, 0.3) is 5.91 Å². The first-order valence-electron chi connectivity index (χ1n) is 8.57. The molecule has 1 aromatic heterocycles. The summed E-state index contributed by atoms with van der Waals surface area (Å²) in [6, 6.07) is 21.1. The largest absolute Gasteiger partial charge is 0.493 e. The standard InChI is InChI=1S/C22H18N2O2/c1-2-26-20-13-12-15-7-3-4-8-16(15)21(20)22(25)24-19-11-5-10-18-17(19)9-6-14-23-18/h3-14H,2H2,1H3,(H,24,25). The van der Waals surface area contributed by atoms with Crippen LogP contribution in [0.15, 0.2) is 72.9 Å². The Balaban J connectivity index is 1.82. The minimum absolute atomic E-state index is 0.193. The van der Waals surface area contributed by atoms with Crippen LogP contribution in [0.5, 0.6) is 5.75 Å². The van der Waals surface area contributed by atoms with Crippen LogP contribution in [0.2, 0.25) is 0 Å². The highest BCUT2D eigenvalue weighted by molar-refractivity contribution is 6.16. The van der Waals surface area contributed by atoms with E-state index >= 15 is 0 Å². The Labute approximate surface area is 151 Å². The van der Waals surface area contributed by atoms with Gasteiger partial charge in [-0.3, -0.25) is 9.78 Å². The molecule has 0 radical (unpaired) electrons. The zero-order valence-electron chi connectivity index (χ0n) is 14.4. The zero-order chi connectivity index (χ0) is 17.9. The number of ether oxygens (including phenoxy) is 1. The van der Waals surface area contributed by atoms with Gasteiger partial charge in [-0.25, -0.2) is 0 Å². The summed E-state index contributed by atoms with van der Waals surface area (Å²) < 4.78 is 5.72. The first-order valence-corrected chi connectivity index (χ1v) is 8.57. The van der Waals surface area contributed by atoms with E-state index in [1.165, 1.54) is 0 Å². The summed E-state index contributed by atoms with van der Waals surface area (Å²) in [6.45, 7) is 2.41. The van der Waals surface area contributed by atoms with Crippen LogP contribution in [0.25, 0.3) is 21.7 Å². The fourth-order valence-electron chi connectivity index (χ4n) is 3.16. The van der Waals surface area contributed by atoms with Crippen molar-refractivity contribution in [2.75, 3.05) is 11.9 Å². The van der Waals surface area contributed by atoms with Gasteiger partial charge in [-0.1, -0.05) is 36.4 Å². The number of anilines is 1. The van der Waals surface area contributed by atoms with Crippen LogP contribution < -0.4 is 10.1 Å². The summed E-state index contributed by atoms with van der Waals surface area (Å²) in [6.07, 6.45) is 1.74. The SMILES string of the molecule is CCOc1ccc2ccccc2c1C(=O)Nc1cccc2ncccc12. The van der Waals surface area contributed by atoms with Crippen LogP contribution in [-0.2, 0) is 0 Å². The summed E-state index contributed by atoms with van der Waals surface area (Å²) >= 11 is 0. The molecule has 4 aromatic rings. The maximum Gasteiger partial charge on any atom is 0.260 e. The summed E-state index contributed by atoms with van der Waals surface area (Å²) in [5.74, 6) is 0.392. The van der Waals surface area contributed by atoms with Crippen molar-refractivity contribution in [2.24, 2.45) is 0 Å². The third-order valence-corrected chi connectivity index (χ3v) is 4.31. The fraction of sp³-hybridized carbons (Fsp3) is 0.0909. The molecular weight excluding hydrogens is 324 g/mol. The smallest absolute Gasteiger partial charge is 0.260 e. The van der Waals surface area contributed by atoms with E-state index in [1.807, 2.05) is 73.7 Å². The second-order valence-corrected chi connectivity index (χ2v) is 5.92. The third-order valence-electron chi connectivity index (χ3n) is 4.31. The molecule has 0 bridgehead atoms. The van der Waals surface area contributed by atoms with Gasteiger partial charge >= 0.3 is 0 Å². The summed E-state index contributed by atoms with van der Waals surface area (Å²) in [4.78, 5) is 17.5. The molecule has 0 atom stereocenters. The van der Waals surface area contributed by atoms with Crippen LogP contribution >= 0.6 is 0 Å². The minimum atomic E-state index is -0.193. The van der Waals surface area contributed by atoms with Gasteiger partial charge < -0.3 is 10.1 Å². The Hall–Kier alpha value is -3.40. The van der Waals surface area contributed by atoms with E-state index in [0.29, 0.717) is 17.9 Å². The van der Waals surface area contributed by atoms with Gasteiger partial charge in [-0.05, 0) is 48.0 Å². The van der Waals surface area contributed by atoms with Crippen molar-refractivity contribution >= 4 is 33.3 Å². The number of amides is 1. The molecule has 0 aliphatic heterocycles. The Morgan fingerprint density at radius 1 is 0.962 bits per heavy atom. The van der Waals surface area contributed by atoms with E-state index in [1.54, 1.807) is 6.20 Å². The van der Waals surface area contributed by atoms with E-state index in [-0.39, 0.29) is 5.91 Å². The molecule has 0 aliphatic carbocycles. The minimum Gasteiger partial charge on any atom is -0.493 e. The molecule has 0 aliphatic rings. The van der Waals surface area contributed by atoms with E-state index in [2.05, 4.69) is 10.3 Å². The first kappa shape index (κ1) is 16.1. The van der Waals surface area contributed by atoms with Gasteiger partial charge in [-0.2, -0.15) is 0 Å². The number of nitrogens with zero attached hydrogens (tertiary/aromatic N) is 1. The third kappa shape index (κ3) is 2.86. The Morgan fingerprint density at radius 3 is 2.69 bits per heavy atom. The highest BCUT2D eigenvalue weighted by Crippen LogP contribution is 2.30. The van der Waals surface area contributed by atoms with Gasteiger partial charge in [-0.15, -0.1) is 0 Å². The summed E-state index contributed by atoms with van der Waals surface area (Å²) in [5.41, 5.74) is 2.12. The molecule has 1 N–H and O–H groups in total. The number of benzene rings is 3. The predicted octanol–water partition coefficient (Wildman–Crippen LogP) is 5.04. The lowest BCUT2D eigenvalue weighted by Gasteiger charge is -2.14. The number of nitrogens with one attached hydrogen (secondary N) is 1. The van der Waals surface area contributed by atoms with Crippen LogP contribution in [0.4, 0.5) is 5.69 Å². The molecule has 128 valence electrons. The van der Waals surface area contributed by atoms with Gasteiger partial charge in [0.15, 0.2) is 0 Å². The van der Waals surface area contributed by atoms with Crippen molar-refractivity contribution in [1.82, 2.24) is 4.98 Å². The van der Waals surface area contributed by atoms with Crippen LogP contribution in [0.3, 0.4) is 0 Å². The van der Waals surface area contributed by atoms with Crippen molar-refractivity contribution in [3.8, 4) is 5.75 Å². The molecule has 3 aromatic carbocycles. The topological polar surface area (TPSA) is 51.2 Å². The first-order chi connectivity index (χ1) is 12.8. The molecule has 4 rings (SSSR count). The van der Waals surface area contributed by atoms with E-state index in [4.69, 9.17) is 4.74 Å². The molecule has 1 amide bonds. The Bertz CT molecular complexity index is 1100. The molecular formula is C22H18N2O2. The van der Waals surface area contributed by atoms with Crippen molar-refractivity contribution in [3.05, 3.63) is 78.5 Å². The number of pyridine rings is 1. The Kier molecular flexibility index (Phi) is 4.23. The molecule has 0 spiro atoms. The van der Waals surface area contributed by atoms with Gasteiger partial charge in [0.2, 0.25) is 0 Å². The molecule has 0 saturated heterocycles. The summed E-state index contributed by atoms with van der Waals surface area (Å²) in [7, 11) is 0. The maximum atomic E-state index is 13.2. The van der Waals surface area contributed by atoms with E-state index in [9.17, 15) is 4.79 Å². The predicted molar refractivity (Wildman–Crippen MR) is 105 cm³/mol. The molecule has 4 nitrogen and oxygen atoms in total. The number of rotatable bonds is 4. The molecule has 26 heavy (non-hydrogen) atoms. The van der Waals surface area contributed by atoms with E-state index < -0.39 is 0 Å². The van der Waals surface area contributed by atoms with Gasteiger partial charge in [0.1, 0.15) is 5.75 Å². The lowest BCUT2D eigenvalue weighted by molar-refractivity contribution is 0.102. The maximum absolute atomic E-state index is 13.2. The normalized spacial score (nSPS) is 10.8. The highest BCUT2D eigenvalue weighted by Gasteiger charge is 2.17. The van der Waals surface area contributed by atoms with Gasteiger partial charge in [0.05, 0.1) is 23.4 Å². The molecule has 0 unspecified atom stereocenters. The second-order valence-electron chi connectivity index (χ2n) is 5.92. The van der Waals surface area contributed by atoms with Crippen molar-refractivity contribution < 1.29 is 9.53 Å². The van der Waals surface area contributed by atoms with Crippen molar-refractivity contribution in [2.45, 2.75) is 6.92 Å². The van der Waals surface area contributed by atoms with E-state index in [0.717, 1.165) is 27.4 Å². The van der Waals surface area contributed by atoms with Crippen LogP contribution in [0, 0.1) is 0 Å². The summed E-state index contributed by atoms with van der Waals surface area (Å²) in [5, 5.41) is 5.81. The monoisotopic (exact) mass is 342 g/mol. The lowest BCUT2D eigenvalue weighted by atomic mass is 10.0. The van der Waals surface area contributed by atoms with Gasteiger partial charge in [0, 0.05) is 11.6 Å². The van der Waals surface area contributed by atoms with Crippen LogP contribution in [-0.4, -0.2) is 17.5 Å². The molecule has 0 fully saturated rings. The lowest BCUT2D eigenvalue weighted by Crippen LogP contribution is -2.14.